The van der Waals surface area contributed by atoms with Crippen molar-refractivity contribution in [3.8, 4) is 5.75 Å². The van der Waals surface area contributed by atoms with Crippen molar-refractivity contribution in [1.29, 1.82) is 0 Å². The first-order valence-electron chi connectivity index (χ1n) is 8.96. The third-order valence-corrected chi connectivity index (χ3v) is 5.29. The van der Waals surface area contributed by atoms with E-state index in [0.29, 0.717) is 18.0 Å². The second kappa shape index (κ2) is 9.54. The minimum atomic E-state index is -0.250. The predicted molar refractivity (Wildman–Crippen MR) is 98.3 cm³/mol. The first-order valence-corrected chi connectivity index (χ1v) is 8.96. The van der Waals surface area contributed by atoms with E-state index in [4.69, 9.17) is 14.6 Å². The van der Waals surface area contributed by atoms with Gasteiger partial charge in [-0.15, -0.1) is 0 Å². The molecule has 1 aromatic carbocycles. The quantitative estimate of drug-likeness (QED) is 0.707. The number of piperidine rings is 1. The molecule has 7 nitrogen and oxygen atoms in total. The Morgan fingerprint density at radius 2 is 2.08 bits per heavy atom. The molecule has 0 aromatic heterocycles. The summed E-state index contributed by atoms with van der Waals surface area (Å²) in [4.78, 5) is 22.9. The highest BCUT2D eigenvalue weighted by Gasteiger charge is 2.44. The van der Waals surface area contributed by atoms with E-state index < -0.39 is 0 Å². The fourth-order valence-electron chi connectivity index (χ4n) is 4.13. The molecule has 3 rings (SSSR count). The number of methoxy groups -OCH3 is 1. The van der Waals surface area contributed by atoms with Crippen molar-refractivity contribution in [1.82, 2.24) is 4.90 Å². The van der Waals surface area contributed by atoms with Crippen LogP contribution in [0.4, 0.5) is 5.69 Å². The molecule has 7 heteroatoms. The number of ether oxygens (including phenoxy) is 1. The van der Waals surface area contributed by atoms with E-state index in [9.17, 15) is 9.90 Å². The third-order valence-electron chi connectivity index (χ3n) is 5.29. The summed E-state index contributed by atoms with van der Waals surface area (Å²) < 4.78 is 5.27. The zero-order chi connectivity index (χ0) is 19.0. The average Bonchev–Trinajstić information content (AvgIpc) is 2.96. The van der Waals surface area contributed by atoms with Gasteiger partial charge in [0.1, 0.15) is 5.75 Å². The first-order chi connectivity index (χ1) is 12.5. The normalized spacial score (nSPS) is 25.2. The summed E-state index contributed by atoms with van der Waals surface area (Å²) in [5.41, 5.74) is 0.718. The molecule has 0 bridgehead atoms. The molecule has 1 amide bonds. The van der Waals surface area contributed by atoms with Gasteiger partial charge in [-0.25, -0.2) is 0 Å². The van der Waals surface area contributed by atoms with Crippen LogP contribution in [0.15, 0.2) is 24.3 Å². The highest BCUT2D eigenvalue weighted by Crippen LogP contribution is 2.44. The number of nitrogens with zero attached hydrogens (tertiary/aromatic N) is 1. The first kappa shape index (κ1) is 20.2. The van der Waals surface area contributed by atoms with Crippen molar-refractivity contribution >= 4 is 18.1 Å². The number of nitrogens with one attached hydrogen (secondary N) is 1. The van der Waals surface area contributed by atoms with Crippen LogP contribution in [0.3, 0.4) is 0 Å². The van der Waals surface area contributed by atoms with Crippen molar-refractivity contribution in [3.05, 3.63) is 24.3 Å². The molecular formula is C19H28N2O5. The average molecular weight is 364 g/mol. The fourth-order valence-corrected chi connectivity index (χ4v) is 4.13. The maximum Gasteiger partial charge on any atom is 0.290 e. The maximum absolute atomic E-state index is 12.4. The van der Waals surface area contributed by atoms with Crippen molar-refractivity contribution in [2.45, 2.75) is 38.2 Å². The smallest absolute Gasteiger partial charge is 0.290 e. The van der Waals surface area contributed by atoms with Gasteiger partial charge in [0.05, 0.1) is 25.4 Å². The number of carbonyl (C=O) groups is 2. The lowest BCUT2D eigenvalue weighted by molar-refractivity contribution is -0.123. The van der Waals surface area contributed by atoms with Crippen molar-refractivity contribution in [3.63, 3.8) is 0 Å². The number of anilines is 1. The van der Waals surface area contributed by atoms with Crippen LogP contribution in [0.2, 0.25) is 0 Å². The van der Waals surface area contributed by atoms with Crippen LogP contribution >= 0.6 is 0 Å². The lowest BCUT2D eigenvalue weighted by Gasteiger charge is -2.42. The number of hydrogen-bond acceptors (Lipinski definition) is 5. The Kier molecular flexibility index (Phi) is 7.41. The summed E-state index contributed by atoms with van der Waals surface area (Å²) in [6, 6.07) is 7.43. The van der Waals surface area contributed by atoms with Gasteiger partial charge < -0.3 is 20.3 Å². The molecule has 0 radical (unpaired) electrons. The number of rotatable bonds is 4. The zero-order valence-electron chi connectivity index (χ0n) is 15.2. The molecule has 1 saturated heterocycles. The summed E-state index contributed by atoms with van der Waals surface area (Å²) in [5.74, 6) is 0.640. The van der Waals surface area contributed by atoms with E-state index in [1.54, 1.807) is 7.11 Å². The van der Waals surface area contributed by atoms with Crippen LogP contribution < -0.4 is 10.1 Å². The number of amides is 1. The minimum absolute atomic E-state index is 0.0168. The Bertz CT molecular complexity index is 609. The Morgan fingerprint density at radius 1 is 1.38 bits per heavy atom. The number of hydrogen-bond donors (Lipinski definition) is 3. The second-order valence-corrected chi connectivity index (χ2v) is 6.94. The Labute approximate surface area is 154 Å². The van der Waals surface area contributed by atoms with Gasteiger partial charge in [0, 0.05) is 12.0 Å². The molecule has 1 aromatic rings. The van der Waals surface area contributed by atoms with Gasteiger partial charge in [0.2, 0.25) is 5.91 Å². The highest BCUT2D eigenvalue weighted by atomic mass is 16.5. The molecule has 26 heavy (non-hydrogen) atoms. The standard InChI is InChI=1S/C18H26N2O3.CH2O2/c1-23-15-7-3-2-6-14(15)19-17(22)12-20-11-5-10-18(13-20)9-4-8-16(18)21;2-1-3/h2-3,6-7,16,21H,4-5,8-13H2,1H3,(H,19,22);1H,(H,2,3)/t16-,18+;/m1./s1. The molecule has 2 fully saturated rings. The molecule has 2 atom stereocenters. The maximum atomic E-state index is 12.4. The van der Waals surface area contributed by atoms with Crippen LogP contribution in [0.25, 0.3) is 0 Å². The predicted octanol–water partition coefficient (Wildman–Crippen LogP) is 1.96. The molecule has 1 aliphatic carbocycles. The number of aliphatic hydroxyl groups excluding tert-OH is 1. The Hall–Kier alpha value is -2.12. The van der Waals surface area contributed by atoms with Crippen LogP contribution in [0.5, 0.6) is 5.75 Å². The lowest BCUT2D eigenvalue weighted by Crippen LogP contribution is -2.49. The molecule has 1 heterocycles. The lowest BCUT2D eigenvalue weighted by atomic mass is 9.77. The molecular weight excluding hydrogens is 336 g/mol. The van der Waals surface area contributed by atoms with Crippen LogP contribution in [0, 0.1) is 5.41 Å². The highest BCUT2D eigenvalue weighted by molar-refractivity contribution is 5.93. The third kappa shape index (κ3) is 4.95. The van der Waals surface area contributed by atoms with Crippen LogP contribution in [0.1, 0.15) is 32.1 Å². The summed E-state index contributed by atoms with van der Waals surface area (Å²) in [5, 5.41) is 20.1. The summed E-state index contributed by atoms with van der Waals surface area (Å²) in [7, 11) is 1.60. The fraction of sp³-hybridized carbons (Fsp3) is 0.579. The Morgan fingerprint density at radius 3 is 2.73 bits per heavy atom. The van der Waals surface area contributed by atoms with Crippen molar-refractivity contribution in [2.75, 3.05) is 32.1 Å². The van der Waals surface area contributed by atoms with Gasteiger partial charge in [0.25, 0.3) is 6.47 Å². The number of benzene rings is 1. The van der Waals surface area contributed by atoms with E-state index in [1.807, 2.05) is 24.3 Å². The Balaban J connectivity index is 0.000000758. The van der Waals surface area contributed by atoms with Gasteiger partial charge in [-0.1, -0.05) is 18.6 Å². The topological polar surface area (TPSA) is 99.1 Å². The summed E-state index contributed by atoms with van der Waals surface area (Å²) in [6.07, 6.45) is 5.02. The zero-order valence-corrected chi connectivity index (χ0v) is 15.2. The van der Waals surface area contributed by atoms with Gasteiger partial charge in [0.15, 0.2) is 0 Å². The molecule has 1 spiro atoms. The van der Waals surface area contributed by atoms with E-state index in [1.165, 1.54) is 0 Å². The molecule has 1 saturated carbocycles. The van der Waals surface area contributed by atoms with Crippen molar-refractivity contribution < 1.29 is 24.5 Å². The number of carbonyl (C=O) groups excluding carboxylic acids is 1. The number of likely N-dealkylation sites (tertiary alicyclic amines) is 1. The van der Waals surface area contributed by atoms with Crippen LogP contribution in [-0.4, -0.2) is 60.3 Å². The van der Waals surface area contributed by atoms with Gasteiger partial charge in [-0.3, -0.25) is 14.5 Å². The largest absolute Gasteiger partial charge is 0.495 e. The van der Waals surface area contributed by atoms with Crippen LogP contribution in [-0.2, 0) is 9.59 Å². The number of carboxylic acid groups (broad SMARTS) is 1. The molecule has 144 valence electrons. The van der Waals surface area contributed by atoms with Gasteiger partial charge >= 0.3 is 0 Å². The van der Waals surface area contributed by atoms with E-state index in [2.05, 4.69) is 10.2 Å². The number of para-hydroxylation sites is 2. The van der Waals surface area contributed by atoms with Crippen molar-refractivity contribution in [2.24, 2.45) is 5.41 Å². The molecule has 0 unspecified atom stereocenters. The van der Waals surface area contributed by atoms with E-state index in [-0.39, 0.29) is 23.9 Å². The second-order valence-electron chi connectivity index (χ2n) is 6.94. The van der Waals surface area contributed by atoms with E-state index in [0.717, 1.165) is 45.2 Å². The summed E-state index contributed by atoms with van der Waals surface area (Å²) in [6.45, 7) is 1.87. The SMILES string of the molecule is COc1ccccc1NC(=O)CN1CCC[C@@]2(CCC[C@H]2O)C1.O=CO. The minimum Gasteiger partial charge on any atom is -0.495 e. The summed E-state index contributed by atoms with van der Waals surface area (Å²) >= 11 is 0. The molecule has 1 aliphatic heterocycles. The molecule has 3 N–H and O–H groups in total. The molecule has 2 aliphatic rings. The van der Waals surface area contributed by atoms with E-state index >= 15 is 0 Å². The van der Waals surface area contributed by atoms with Gasteiger partial charge in [-0.2, -0.15) is 0 Å². The number of aliphatic hydroxyl groups is 1. The van der Waals surface area contributed by atoms with Gasteiger partial charge in [-0.05, 0) is 44.4 Å². The monoisotopic (exact) mass is 364 g/mol.